The van der Waals surface area contributed by atoms with Crippen molar-refractivity contribution in [3.05, 3.63) is 89.3 Å². The first-order valence-electron chi connectivity index (χ1n) is 13.0. The fourth-order valence-corrected chi connectivity index (χ4v) is 8.25. The molecule has 0 amide bonds. The number of fused-ring (bicyclic) bond motifs is 1. The zero-order chi connectivity index (χ0) is 31.0. The van der Waals surface area contributed by atoms with Crippen LogP contribution < -0.4 is 0 Å². The van der Waals surface area contributed by atoms with Gasteiger partial charge in [-0.3, -0.25) is 9.48 Å². The third-order valence-corrected chi connectivity index (χ3v) is 11.2. The Balaban J connectivity index is 1.78. The number of carboxylic acid groups (broad SMARTS) is 1. The molecule has 2 atom stereocenters. The van der Waals surface area contributed by atoms with E-state index in [0.29, 0.717) is 42.7 Å². The highest BCUT2D eigenvalue weighted by Crippen LogP contribution is 2.40. The van der Waals surface area contributed by atoms with E-state index in [0.717, 1.165) is 22.0 Å². The summed E-state index contributed by atoms with van der Waals surface area (Å²) in [4.78, 5) is 9.39. The van der Waals surface area contributed by atoms with Gasteiger partial charge in [0.15, 0.2) is 9.84 Å². The second kappa shape index (κ2) is 11.7. The number of halogens is 3. The van der Waals surface area contributed by atoms with E-state index in [2.05, 4.69) is 11.7 Å². The molecule has 1 heterocycles. The fraction of sp³-hybridized carbons (Fsp3) is 0.357. The van der Waals surface area contributed by atoms with Crippen LogP contribution in [-0.4, -0.2) is 49.0 Å². The Morgan fingerprint density at radius 3 is 2.40 bits per heavy atom. The molecule has 1 aromatic heterocycles. The maximum absolute atomic E-state index is 14.0. The van der Waals surface area contributed by atoms with Crippen molar-refractivity contribution in [2.75, 3.05) is 7.05 Å². The number of aliphatic carboxylic acids is 1. The Kier molecular flexibility index (Phi) is 8.72. The lowest BCUT2D eigenvalue weighted by atomic mass is 9.93. The Morgan fingerprint density at radius 2 is 1.81 bits per heavy atom. The van der Waals surface area contributed by atoms with Gasteiger partial charge in [0.25, 0.3) is 0 Å². The average Bonchev–Trinajstić information content (AvgIpc) is 3.35. The first-order valence-corrected chi connectivity index (χ1v) is 16.0. The first-order chi connectivity index (χ1) is 19.6. The summed E-state index contributed by atoms with van der Waals surface area (Å²) in [5.74, 6) is -1.03. The molecular formula is C28H30F3N3O6S2. The lowest BCUT2D eigenvalue weighted by Crippen LogP contribution is -2.33. The zero-order valence-electron chi connectivity index (χ0n) is 22.9. The summed E-state index contributed by atoms with van der Waals surface area (Å²) in [7, 11) is -7.99. The number of nitrogens with zero attached hydrogens (tertiary/aromatic N) is 3. The van der Waals surface area contributed by atoms with Gasteiger partial charge >= 0.3 is 12.1 Å². The summed E-state index contributed by atoms with van der Waals surface area (Å²) < 4.78 is 99.3. The van der Waals surface area contributed by atoms with Gasteiger partial charge in [-0.05, 0) is 49.9 Å². The highest BCUT2D eigenvalue weighted by atomic mass is 32.2. The van der Waals surface area contributed by atoms with Gasteiger partial charge < -0.3 is 5.11 Å². The molecule has 0 radical (unpaired) electrons. The Labute approximate surface area is 242 Å². The number of hydrogen-bond acceptors (Lipinski definition) is 6. The second-order valence-corrected chi connectivity index (χ2v) is 14.2. The molecule has 226 valence electrons. The second-order valence-electron chi connectivity index (χ2n) is 10.1. The molecular weight excluding hydrogens is 595 g/mol. The molecule has 42 heavy (non-hydrogen) atoms. The molecule has 1 N–H and O–H groups in total. The number of aromatic nitrogens is 2. The van der Waals surface area contributed by atoms with Crippen LogP contribution in [0.25, 0.3) is 0 Å². The van der Waals surface area contributed by atoms with Crippen LogP contribution in [0.5, 0.6) is 0 Å². The van der Waals surface area contributed by atoms with E-state index in [4.69, 9.17) is 5.11 Å². The van der Waals surface area contributed by atoms with Gasteiger partial charge in [0.1, 0.15) is 5.25 Å². The molecule has 14 heteroatoms. The minimum Gasteiger partial charge on any atom is -0.481 e. The van der Waals surface area contributed by atoms with Crippen molar-refractivity contribution in [3.8, 4) is 0 Å². The highest BCUT2D eigenvalue weighted by molar-refractivity contribution is 7.92. The van der Waals surface area contributed by atoms with Crippen LogP contribution in [0.4, 0.5) is 13.2 Å². The summed E-state index contributed by atoms with van der Waals surface area (Å²) in [6.45, 7) is 5.43. The molecule has 0 saturated heterocycles. The number of aryl methyl sites for hydroxylation is 2. The van der Waals surface area contributed by atoms with E-state index in [1.807, 2.05) is 0 Å². The summed E-state index contributed by atoms with van der Waals surface area (Å²) in [6.07, 6.45) is -1.32. The highest BCUT2D eigenvalue weighted by Gasteiger charge is 2.39. The van der Waals surface area contributed by atoms with Gasteiger partial charge in [0.2, 0.25) is 10.0 Å². The van der Waals surface area contributed by atoms with Gasteiger partial charge in [0, 0.05) is 18.3 Å². The molecule has 1 aliphatic rings. The van der Waals surface area contributed by atoms with Crippen LogP contribution in [0.2, 0.25) is 0 Å². The number of sulfone groups is 1. The molecule has 0 aliphatic heterocycles. The third kappa shape index (κ3) is 6.15. The van der Waals surface area contributed by atoms with Crippen molar-refractivity contribution in [2.24, 2.45) is 0 Å². The maximum atomic E-state index is 14.0. The number of carbonyl (C=O) groups is 1. The van der Waals surface area contributed by atoms with E-state index in [1.54, 1.807) is 19.1 Å². The van der Waals surface area contributed by atoms with Crippen molar-refractivity contribution in [2.45, 2.75) is 66.4 Å². The molecule has 0 saturated carbocycles. The first kappa shape index (κ1) is 31.4. The number of alkyl halides is 3. The maximum Gasteiger partial charge on any atom is 0.416 e. The van der Waals surface area contributed by atoms with E-state index < -0.39 is 58.7 Å². The van der Waals surface area contributed by atoms with E-state index >= 15 is 0 Å². The van der Waals surface area contributed by atoms with Gasteiger partial charge in [-0.2, -0.15) is 22.6 Å². The number of carboxylic acids is 1. The zero-order valence-corrected chi connectivity index (χ0v) is 24.5. The van der Waals surface area contributed by atoms with Gasteiger partial charge in [-0.1, -0.05) is 35.9 Å². The standard InChI is InChI=1S/C28H30F3N3O6S2/c1-4-26(19-10-8-18(2)9-11-19)41(37,38)21-14-20(28(29,30)31)15-22(16-21)42(39,40)33(3)24-6-5-7-25-23(24)17-32-34(25)13-12-27(35)36/h4,8-11,14-17,24,26H,1,5-7,12-13H2,2-3H3,(H,35,36). The summed E-state index contributed by atoms with van der Waals surface area (Å²) in [6, 6.07) is 7.16. The molecule has 2 aromatic carbocycles. The van der Waals surface area contributed by atoms with Crippen molar-refractivity contribution in [1.29, 1.82) is 0 Å². The number of sulfonamides is 1. The Bertz CT molecular complexity index is 1720. The van der Waals surface area contributed by atoms with Crippen molar-refractivity contribution < 1.29 is 39.9 Å². The van der Waals surface area contributed by atoms with Crippen LogP contribution in [0, 0.1) is 6.92 Å². The molecule has 0 fully saturated rings. The minimum atomic E-state index is -5.04. The smallest absolute Gasteiger partial charge is 0.416 e. The van der Waals surface area contributed by atoms with Crippen LogP contribution in [-0.2, 0) is 43.8 Å². The summed E-state index contributed by atoms with van der Waals surface area (Å²) >= 11 is 0. The molecule has 0 spiro atoms. The predicted molar refractivity (Wildman–Crippen MR) is 148 cm³/mol. The van der Waals surface area contributed by atoms with Crippen LogP contribution in [0.3, 0.4) is 0 Å². The molecule has 2 unspecified atom stereocenters. The Morgan fingerprint density at radius 1 is 1.17 bits per heavy atom. The number of hydrogen-bond donors (Lipinski definition) is 1. The van der Waals surface area contributed by atoms with Crippen molar-refractivity contribution in [1.82, 2.24) is 14.1 Å². The molecule has 0 bridgehead atoms. The largest absolute Gasteiger partial charge is 0.481 e. The normalized spacial score (nSPS) is 16.7. The monoisotopic (exact) mass is 625 g/mol. The van der Waals surface area contributed by atoms with Gasteiger partial charge in [-0.15, -0.1) is 6.58 Å². The van der Waals surface area contributed by atoms with Crippen LogP contribution >= 0.6 is 0 Å². The minimum absolute atomic E-state index is 0.0775. The van der Waals surface area contributed by atoms with Crippen molar-refractivity contribution in [3.63, 3.8) is 0 Å². The summed E-state index contributed by atoms with van der Waals surface area (Å²) in [5, 5.41) is 11.8. The van der Waals surface area contributed by atoms with Crippen LogP contribution in [0.15, 0.2) is 71.1 Å². The topological polar surface area (TPSA) is 127 Å². The lowest BCUT2D eigenvalue weighted by molar-refractivity contribution is -0.138. The molecule has 3 aromatic rings. The quantitative estimate of drug-likeness (QED) is 0.311. The number of rotatable bonds is 10. The molecule has 9 nitrogen and oxygen atoms in total. The lowest BCUT2D eigenvalue weighted by Gasteiger charge is -2.31. The van der Waals surface area contributed by atoms with Gasteiger partial charge in [0.05, 0.1) is 40.6 Å². The van der Waals surface area contributed by atoms with Gasteiger partial charge in [-0.25, -0.2) is 16.8 Å². The third-order valence-electron chi connectivity index (χ3n) is 7.37. The van der Waals surface area contributed by atoms with E-state index in [-0.39, 0.29) is 18.5 Å². The molecule has 4 rings (SSSR count). The van der Waals surface area contributed by atoms with E-state index in [9.17, 15) is 34.8 Å². The number of benzene rings is 2. The average molecular weight is 626 g/mol. The fourth-order valence-electron chi connectivity index (χ4n) is 5.09. The SMILES string of the molecule is C=CC(c1ccc(C)cc1)S(=O)(=O)c1cc(C(F)(F)F)cc(S(=O)(=O)N(C)C2CCCc3c2cnn3CCC(=O)O)c1. The molecule has 1 aliphatic carbocycles. The Hall–Kier alpha value is -3.49. The summed E-state index contributed by atoms with van der Waals surface area (Å²) in [5.41, 5.74) is 0.849. The van der Waals surface area contributed by atoms with E-state index in [1.165, 1.54) is 30.1 Å². The van der Waals surface area contributed by atoms with Crippen LogP contribution in [0.1, 0.15) is 58.5 Å². The van der Waals surface area contributed by atoms with Crippen molar-refractivity contribution >= 4 is 25.8 Å². The predicted octanol–water partition coefficient (Wildman–Crippen LogP) is 5.08.